The third kappa shape index (κ3) is 0.901. The maximum absolute atomic E-state index is 4.23. The van der Waals surface area contributed by atoms with Gasteiger partial charge in [-0.2, -0.15) is 0 Å². The molecule has 3 aliphatic rings. The van der Waals surface area contributed by atoms with Gasteiger partial charge in [-0.05, 0) is 49.4 Å². The molecule has 0 radical (unpaired) electrons. The van der Waals surface area contributed by atoms with Crippen molar-refractivity contribution < 1.29 is 0 Å². The highest BCUT2D eigenvalue weighted by Crippen LogP contribution is 2.58. The molecule has 0 nitrogen and oxygen atoms in total. The third-order valence-electron chi connectivity index (χ3n) is 4.46. The largest absolute Gasteiger partial charge is 0.0996 e. The van der Waals surface area contributed by atoms with E-state index in [-0.39, 0.29) is 0 Å². The molecule has 3 saturated carbocycles. The van der Waals surface area contributed by atoms with Gasteiger partial charge in [0.05, 0.1) is 0 Å². The number of hydrogen-bond acceptors (Lipinski definition) is 0. The van der Waals surface area contributed by atoms with Gasteiger partial charge in [0.2, 0.25) is 0 Å². The molecule has 3 fully saturated rings. The lowest BCUT2D eigenvalue weighted by atomic mass is 9.88. The number of hydrogen-bond donors (Lipinski definition) is 0. The van der Waals surface area contributed by atoms with Crippen LogP contribution in [0.1, 0.15) is 38.5 Å². The molecule has 4 unspecified atom stereocenters. The zero-order chi connectivity index (χ0) is 8.13. The highest BCUT2D eigenvalue weighted by Gasteiger charge is 2.49. The van der Waals surface area contributed by atoms with Crippen molar-refractivity contribution in [1.29, 1.82) is 0 Å². The fraction of sp³-hybridized carbons (Fsp3) is 0.833. The first-order valence-corrected chi connectivity index (χ1v) is 5.54. The third-order valence-corrected chi connectivity index (χ3v) is 4.46. The van der Waals surface area contributed by atoms with Crippen molar-refractivity contribution in [3.63, 3.8) is 0 Å². The summed E-state index contributed by atoms with van der Waals surface area (Å²) in [7, 11) is 0. The van der Waals surface area contributed by atoms with E-state index in [2.05, 4.69) is 6.58 Å². The molecule has 0 heteroatoms. The zero-order valence-corrected chi connectivity index (χ0v) is 7.76. The van der Waals surface area contributed by atoms with Crippen molar-refractivity contribution >= 4 is 0 Å². The molecule has 0 aliphatic heterocycles. The average molecular weight is 162 g/mol. The summed E-state index contributed by atoms with van der Waals surface area (Å²) in [6.07, 6.45) is 8.88. The van der Waals surface area contributed by atoms with E-state index in [0.29, 0.717) is 0 Å². The lowest BCUT2D eigenvalue weighted by Crippen LogP contribution is -2.09. The van der Waals surface area contributed by atoms with Gasteiger partial charge in [-0.15, -0.1) is 0 Å². The molecule has 0 bridgehead atoms. The van der Waals surface area contributed by atoms with Crippen LogP contribution < -0.4 is 0 Å². The molecule has 0 N–H and O–H groups in total. The van der Waals surface area contributed by atoms with Gasteiger partial charge in [-0.1, -0.05) is 25.0 Å². The lowest BCUT2D eigenvalue weighted by molar-refractivity contribution is 0.363. The van der Waals surface area contributed by atoms with E-state index in [1.165, 1.54) is 32.1 Å². The van der Waals surface area contributed by atoms with Crippen LogP contribution in [0.4, 0.5) is 0 Å². The first-order chi connectivity index (χ1) is 5.86. The molecule has 0 amide bonds. The summed E-state index contributed by atoms with van der Waals surface area (Å²) in [4.78, 5) is 0. The van der Waals surface area contributed by atoms with Gasteiger partial charge in [0.25, 0.3) is 0 Å². The van der Waals surface area contributed by atoms with Crippen LogP contribution in [0, 0.1) is 23.7 Å². The van der Waals surface area contributed by atoms with E-state index in [9.17, 15) is 0 Å². The van der Waals surface area contributed by atoms with Crippen molar-refractivity contribution in [3.8, 4) is 0 Å². The maximum atomic E-state index is 4.23. The molecule has 0 heterocycles. The van der Waals surface area contributed by atoms with Crippen molar-refractivity contribution in [2.75, 3.05) is 0 Å². The number of rotatable bonds is 0. The normalized spacial score (nSPS) is 51.2. The Morgan fingerprint density at radius 1 is 1.08 bits per heavy atom. The van der Waals surface area contributed by atoms with Crippen LogP contribution in [0.5, 0.6) is 0 Å². The Hall–Kier alpha value is -0.260. The quantitative estimate of drug-likeness (QED) is 0.479. The van der Waals surface area contributed by atoms with Crippen LogP contribution in [0.25, 0.3) is 0 Å². The SMILES string of the molecule is C=C1CCC2C1CCCC1CC12. The average Bonchev–Trinajstić information content (AvgIpc) is 2.73. The molecular weight excluding hydrogens is 144 g/mol. The Labute approximate surface area is 75.0 Å². The van der Waals surface area contributed by atoms with E-state index < -0.39 is 0 Å². The fourth-order valence-corrected chi connectivity index (χ4v) is 3.70. The van der Waals surface area contributed by atoms with Crippen LogP contribution in [0.2, 0.25) is 0 Å². The molecule has 0 spiro atoms. The minimum atomic E-state index is 0.947. The second kappa shape index (κ2) is 2.37. The molecule has 3 rings (SSSR count). The predicted molar refractivity (Wildman–Crippen MR) is 50.8 cm³/mol. The smallest absolute Gasteiger partial charge is 0.0175 e. The van der Waals surface area contributed by atoms with Crippen LogP contribution in [0.15, 0.2) is 12.2 Å². The van der Waals surface area contributed by atoms with Gasteiger partial charge in [0.15, 0.2) is 0 Å². The zero-order valence-electron chi connectivity index (χ0n) is 7.76. The summed E-state index contributed by atoms with van der Waals surface area (Å²) in [5, 5.41) is 0. The molecule has 0 aromatic rings. The molecule has 0 saturated heterocycles. The summed E-state index contributed by atoms with van der Waals surface area (Å²) in [5.74, 6) is 4.30. The molecule has 66 valence electrons. The molecule has 4 atom stereocenters. The summed E-state index contributed by atoms with van der Waals surface area (Å²) in [6.45, 7) is 4.23. The van der Waals surface area contributed by atoms with E-state index in [1.54, 1.807) is 12.0 Å². The second-order valence-corrected chi connectivity index (χ2v) is 5.06. The summed E-state index contributed by atoms with van der Waals surface area (Å²) in [6, 6.07) is 0. The van der Waals surface area contributed by atoms with Gasteiger partial charge in [-0.3, -0.25) is 0 Å². The van der Waals surface area contributed by atoms with Crippen LogP contribution in [-0.2, 0) is 0 Å². The molecule has 0 aromatic carbocycles. The molecule has 12 heavy (non-hydrogen) atoms. The van der Waals surface area contributed by atoms with E-state index in [0.717, 1.165) is 23.7 Å². The summed E-state index contributed by atoms with van der Waals surface area (Å²) < 4.78 is 0. The predicted octanol–water partition coefficient (Wildman–Crippen LogP) is 3.39. The van der Waals surface area contributed by atoms with Gasteiger partial charge in [0, 0.05) is 0 Å². The highest BCUT2D eigenvalue weighted by molar-refractivity contribution is 5.14. The van der Waals surface area contributed by atoms with Gasteiger partial charge in [-0.25, -0.2) is 0 Å². The minimum absolute atomic E-state index is 0.947. The van der Waals surface area contributed by atoms with Crippen LogP contribution >= 0.6 is 0 Å². The topological polar surface area (TPSA) is 0 Å². The van der Waals surface area contributed by atoms with Crippen molar-refractivity contribution in [3.05, 3.63) is 12.2 Å². The van der Waals surface area contributed by atoms with Crippen molar-refractivity contribution in [2.24, 2.45) is 23.7 Å². The maximum Gasteiger partial charge on any atom is -0.0175 e. The van der Waals surface area contributed by atoms with E-state index >= 15 is 0 Å². The summed E-state index contributed by atoms with van der Waals surface area (Å²) in [5.41, 5.74) is 1.59. The van der Waals surface area contributed by atoms with Crippen LogP contribution in [-0.4, -0.2) is 0 Å². The standard InChI is InChI=1S/C12H18/c1-8-5-6-11-10(8)4-2-3-9-7-12(9)11/h9-12H,1-7H2. The van der Waals surface area contributed by atoms with Gasteiger partial charge >= 0.3 is 0 Å². The monoisotopic (exact) mass is 162 g/mol. The second-order valence-electron chi connectivity index (χ2n) is 5.06. The Morgan fingerprint density at radius 3 is 2.92 bits per heavy atom. The van der Waals surface area contributed by atoms with Crippen molar-refractivity contribution in [2.45, 2.75) is 38.5 Å². The Balaban J connectivity index is 1.85. The molecule has 0 aromatic heterocycles. The van der Waals surface area contributed by atoms with Crippen molar-refractivity contribution in [1.82, 2.24) is 0 Å². The van der Waals surface area contributed by atoms with E-state index in [4.69, 9.17) is 0 Å². The number of fused-ring (bicyclic) bond motifs is 3. The lowest BCUT2D eigenvalue weighted by Gasteiger charge is -2.17. The number of allylic oxidation sites excluding steroid dienone is 1. The Morgan fingerprint density at radius 2 is 2.00 bits per heavy atom. The first kappa shape index (κ1) is 7.17. The van der Waals surface area contributed by atoms with E-state index in [1.807, 2.05) is 0 Å². The summed E-state index contributed by atoms with van der Waals surface area (Å²) >= 11 is 0. The molecule has 3 aliphatic carbocycles. The van der Waals surface area contributed by atoms with Gasteiger partial charge < -0.3 is 0 Å². The van der Waals surface area contributed by atoms with Crippen LogP contribution in [0.3, 0.4) is 0 Å². The fourth-order valence-electron chi connectivity index (χ4n) is 3.70. The highest BCUT2D eigenvalue weighted by atomic mass is 14.5. The van der Waals surface area contributed by atoms with Gasteiger partial charge in [0.1, 0.15) is 0 Å². The Bertz CT molecular complexity index is 216. The minimum Gasteiger partial charge on any atom is -0.0996 e. The Kier molecular flexibility index (Phi) is 1.42. The molecular formula is C12H18. The first-order valence-electron chi connectivity index (χ1n) is 5.54.